The summed E-state index contributed by atoms with van der Waals surface area (Å²) in [6.07, 6.45) is 2.16. The number of hydrogen-bond acceptors (Lipinski definition) is 1. The van der Waals surface area contributed by atoms with Crippen molar-refractivity contribution in [3.05, 3.63) is 30.3 Å². The first-order valence-corrected chi connectivity index (χ1v) is 7.03. The fourth-order valence-electron chi connectivity index (χ4n) is 0.921. The van der Waals surface area contributed by atoms with E-state index in [4.69, 9.17) is 5.11 Å². The summed E-state index contributed by atoms with van der Waals surface area (Å²) >= 11 is 0.0328. The van der Waals surface area contributed by atoms with Crippen LogP contribution in [0, 0.1) is 0 Å². The molecule has 0 aromatic heterocycles. The summed E-state index contributed by atoms with van der Waals surface area (Å²) in [6.45, 7) is 0.349. The second-order valence-electron chi connectivity index (χ2n) is 2.59. The van der Waals surface area contributed by atoms with Gasteiger partial charge in [-0.3, -0.25) is 0 Å². The van der Waals surface area contributed by atoms with Gasteiger partial charge in [0.2, 0.25) is 0 Å². The zero-order valence-corrected chi connectivity index (χ0v) is 9.40. The zero-order valence-electron chi connectivity index (χ0n) is 7.07. The molecule has 0 atom stereocenters. The summed E-state index contributed by atoms with van der Waals surface area (Å²) in [4.78, 5) is 0. The first-order valence-electron chi connectivity index (χ1n) is 4.22. The number of hydrogen-bond donors (Lipinski definition) is 1. The van der Waals surface area contributed by atoms with Crippen LogP contribution in [-0.4, -0.2) is 32.6 Å². The van der Waals surface area contributed by atoms with Gasteiger partial charge in [-0.15, -0.1) is 0 Å². The Morgan fingerprint density at radius 3 is 2.50 bits per heavy atom. The molecule has 1 aromatic rings. The van der Waals surface area contributed by atoms with Crippen LogP contribution in [0.3, 0.4) is 0 Å². The minimum absolute atomic E-state index is 0.0328. The molecule has 2 heteroatoms. The molecule has 0 saturated carbocycles. The van der Waals surface area contributed by atoms with E-state index in [0.29, 0.717) is 6.61 Å². The minimum atomic E-state index is 0.0328. The Bertz CT molecular complexity index is 198. The van der Waals surface area contributed by atoms with E-state index < -0.39 is 0 Å². The molecule has 0 fully saturated rings. The molecule has 0 heterocycles. The Morgan fingerprint density at radius 2 is 1.83 bits per heavy atom. The Balaban J connectivity index is 2.16. The van der Waals surface area contributed by atoms with Crippen LogP contribution in [-0.2, 0) is 0 Å². The fraction of sp³-hybridized carbons (Fsp3) is 0.400. The van der Waals surface area contributed by atoms with Gasteiger partial charge >= 0.3 is 83.9 Å². The van der Waals surface area contributed by atoms with Gasteiger partial charge in [-0.05, 0) is 0 Å². The predicted molar refractivity (Wildman–Crippen MR) is 53.0 cm³/mol. The topological polar surface area (TPSA) is 20.2 Å². The zero-order chi connectivity index (χ0) is 8.65. The molecule has 1 N–H and O–H groups in total. The van der Waals surface area contributed by atoms with E-state index >= 15 is 0 Å². The van der Waals surface area contributed by atoms with Gasteiger partial charge in [0.15, 0.2) is 0 Å². The molecule has 0 unspecified atom stereocenters. The summed E-state index contributed by atoms with van der Waals surface area (Å²) in [5.41, 5.74) is 0. The molecule has 0 aliphatic rings. The summed E-state index contributed by atoms with van der Waals surface area (Å²) in [6, 6.07) is 10.7. The van der Waals surface area contributed by atoms with E-state index in [-0.39, 0.29) is 20.9 Å². The van der Waals surface area contributed by atoms with Crippen molar-refractivity contribution in [1.29, 1.82) is 0 Å². The van der Waals surface area contributed by atoms with Crippen LogP contribution < -0.4 is 3.61 Å². The third kappa shape index (κ3) is 4.11. The molecule has 1 rings (SSSR count). The normalized spacial score (nSPS) is 10.1. The molecular weight excluding hydrogens is 264 g/mol. The molecule has 1 aromatic carbocycles. The number of aliphatic hydroxyl groups excluding tert-OH is 1. The average Bonchev–Trinajstić information content (AvgIpc) is 2.14. The molecule has 0 spiro atoms. The maximum atomic E-state index is 8.58. The summed E-state index contributed by atoms with van der Waals surface area (Å²) in [7, 11) is 0. The van der Waals surface area contributed by atoms with Crippen LogP contribution in [0.1, 0.15) is 12.8 Å². The monoisotopic (exact) mass is 280 g/mol. The van der Waals surface area contributed by atoms with Crippen molar-refractivity contribution >= 4 is 24.5 Å². The van der Waals surface area contributed by atoms with Crippen molar-refractivity contribution in [3.8, 4) is 0 Å². The van der Waals surface area contributed by atoms with Gasteiger partial charge in [0.1, 0.15) is 0 Å². The Labute approximate surface area is 83.9 Å². The number of benzene rings is 1. The van der Waals surface area contributed by atoms with Crippen molar-refractivity contribution in [2.24, 2.45) is 0 Å². The maximum absolute atomic E-state index is 8.58. The van der Waals surface area contributed by atoms with E-state index in [9.17, 15) is 0 Å². The van der Waals surface area contributed by atoms with Gasteiger partial charge in [0, 0.05) is 0 Å². The van der Waals surface area contributed by atoms with Crippen molar-refractivity contribution in [2.75, 3.05) is 6.61 Å². The average molecular weight is 278 g/mol. The standard InChI is InChI=1S/C10H14OTe/c11-8-4-5-9-12-10-6-2-1-3-7-10/h1-3,6-7,11H,4-5,8-9H2. The van der Waals surface area contributed by atoms with Crippen molar-refractivity contribution in [1.82, 2.24) is 0 Å². The summed E-state index contributed by atoms with van der Waals surface area (Å²) < 4.78 is 2.84. The van der Waals surface area contributed by atoms with Crippen molar-refractivity contribution in [3.63, 3.8) is 0 Å². The van der Waals surface area contributed by atoms with Gasteiger partial charge in [0.25, 0.3) is 0 Å². The van der Waals surface area contributed by atoms with Gasteiger partial charge in [-0.25, -0.2) is 0 Å². The summed E-state index contributed by atoms with van der Waals surface area (Å²) in [5.74, 6) is 0. The van der Waals surface area contributed by atoms with Crippen LogP contribution in [0.25, 0.3) is 0 Å². The van der Waals surface area contributed by atoms with E-state index in [2.05, 4.69) is 30.3 Å². The molecule has 0 saturated heterocycles. The quantitative estimate of drug-likeness (QED) is 0.634. The van der Waals surface area contributed by atoms with E-state index in [1.54, 1.807) is 0 Å². The first-order chi connectivity index (χ1) is 5.93. The number of aliphatic hydroxyl groups is 1. The number of rotatable bonds is 5. The van der Waals surface area contributed by atoms with Crippen molar-refractivity contribution < 1.29 is 5.11 Å². The third-order valence-corrected chi connectivity index (χ3v) is 4.70. The van der Waals surface area contributed by atoms with Crippen LogP contribution in [0.5, 0.6) is 0 Å². The van der Waals surface area contributed by atoms with E-state index in [1.807, 2.05) is 0 Å². The Kier molecular flexibility index (Phi) is 5.43. The Morgan fingerprint density at radius 1 is 1.08 bits per heavy atom. The predicted octanol–water partition coefficient (Wildman–Crippen LogP) is 1.21. The molecule has 12 heavy (non-hydrogen) atoms. The molecule has 0 aliphatic carbocycles. The van der Waals surface area contributed by atoms with Gasteiger partial charge in [0.05, 0.1) is 0 Å². The van der Waals surface area contributed by atoms with Gasteiger partial charge < -0.3 is 0 Å². The van der Waals surface area contributed by atoms with Crippen LogP contribution in [0.15, 0.2) is 30.3 Å². The van der Waals surface area contributed by atoms with Crippen LogP contribution in [0.4, 0.5) is 0 Å². The second-order valence-corrected chi connectivity index (χ2v) is 5.93. The Hall–Kier alpha value is -0.0304. The van der Waals surface area contributed by atoms with Crippen LogP contribution in [0.2, 0.25) is 4.47 Å². The first kappa shape index (κ1) is 10.1. The number of unbranched alkanes of at least 4 members (excludes halogenated alkanes) is 1. The van der Waals surface area contributed by atoms with Crippen molar-refractivity contribution in [2.45, 2.75) is 17.3 Å². The van der Waals surface area contributed by atoms with E-state index in [0.717, 1.165) is 6.42 Å². The molecule has 0 bridgehead atoms. The molecule has 0 radical (unpaired) electrons. The van der Waals surface area contributed by atoms with Crippen LogP contribution >= 0.6 is 0 Å². The van der Waals surface area contributed by atoms with Gasteiger partial charge in [-0.2, -0.15) is 0 Å². The molecular formula is C10H14OTe. The third-order valence-electron chi connectivity index (χ3n) is 1.56. The van der Waals surface area contributed by atoms with Gasteiger partial charge in [-0.1, -0.05) is 0 Å². The molecule has 1 nitrogen and oxygen atoms in total. The second kappa shape index (κ2) is 6.48. The SMILES string of the molecule is OCCCC[Te]c1ccccc1. The molecule has 0 aliphatic heterocycles. The summed E-state index contributed by atoms with van der Waals surface area (Å²) in [5, 5.41) is 8.58. The fourth-order valence-corrected chi connectivity index (χ4v) is 3.59. The molecule has 0 amide bonds. The van der Waals surface area contributed by atoms with E-state index in [1.165, 1.54) is 14.5 Å². The molecule has 66 valence electrons.